The third-order valence-electron chi connectivity index (χ3n) is 3.20. The summed E-state index contributed by atoms with van der Waals surface area (Å²) in [6.07, 6.45) is 0. The highest BCUT2D eigenvalue weighted by Crippen LogP contribution is 2.25. The molecule has 2 N–H and O–H groups in total. The molecule has 2 rings (SSSR count). The molecule has 0 amide bonds. The first-order valence-electron chi connectivity index (χ1n) is 6.24. The fourth-order valence-corrected chi connectivity index (χ4v) is 2.08. The van der Waals surface area contributed by atoms with E-state index < -0.39 is 0 Å². The maximum Gasteiger partial charge on any atom is 0.136 e. The Hall–Kier alpha value is -1.81. The Labute approximate surface area is 108 Å². The van der Waals surface area contributed by atoms with Crippen LogP contribution in [-0.2, 0) is 6.54 Å². The van der Waals surface area contributed by atoms with Crippen molar-refractivity contribution >= 4 is 5.82 Å². The van der Waals surface area contributed by atoms with Gasteiger partial charge in [-0.25, -0.2) is 4.68 Å². The Morgan fingerprint density at radius 3 is 2.50 bits per heavy atom. The number of rotatable bonds is 4. The maximum atomic E-state index is 5.86. The van der Waals surface area contributed by atoms with Gasteiger partial charge in [0.2, 0.25) is 0 Å². The van der Waals surface area contributed by atoms with Crippen LogP contribution in [0.4, 0.5) is 5.82 Å². The van der Waals surface area contributed by atoms with Crippen LogP contribution < -0.4 is 10.6 Å². The predicted molar refractivity (Wildman–Crippen MR) is 75.1 cm³/mol. The van der Waals surface area contributed by atoms with Crippen LogP contribution in [-0.4, -0.2) is 23.4 Å². The highest BCUT2D eigenvalue weighted by molar-refractivity contribution is 5.54. The highest BCUT2D eigenvalue weighted by Gasteiger charge is 2.17. The summed E-state index contributed by atoms with van der Waals surface area (Å²) in [4.78, 5) is 2.18. The van der Waals surface area contributed by atoms with Gasteiger partial charge in [0.1, 0.15) is 5.82 Å². The van der Waals surface area contributed by atoms with Crippen LogP contribution in [0.15, 0.2) is 30.3 Å². The zero-order valence-corrected chi connectivity index (χ0v) is 11.2. The minimum absolute atomic E-state index is 0.512. The number of hydrogen-bond donors (Lipinski definition) is 1. The molecule has 0 spiro atoms. The molecular formula is C14H20N4. The largest absolute Gasteiger partial charge is 0.360 e. The molecule has 0 radical (unpaired) electrons. The number of hydrogen-bond acceptors (Lipinski definition) is 3. The number of nitrogens with zero attached hydrogens (tertiary/aromatic N) is 3. The van der Waals surface area contributed by atoms with E-state index in [1.54, 1.807) is 0 Å². The van der Waals surface area contributed by atoms with Gasteiger partial charge in [-0.15, -0.1) is 0 Å². The molecule has 0 fully saturated rings. The first-order chi connectivity index (χ1) is 8.69. The lowest BCUT2D eigenvalue weighted by molar-refractivity contribution is 0.816. The molecule has 0 bridgehead atoms. The molecule has 4 nitrogen and oxygen atoms in total. The van der Waals surface area contributed by atoms with Crippen molar-refractivity contribution in [2.45, 2.75) is 20.4 Å². The van der Waals surface area contributed by atoms with Crippen molar-refractivity contribution < 1.29 is 0 Å². The van der Waals surface area contributed by atoms with Crippen LogP contribution in [0.5, 0.6) is 0 Å². The normalized spacial score (nSPS) is 10.7. The molecule has 4 heteroatoms. The van der Waals surface area contributed by atoms with E-state index in [0.717, 1.165) is 29.3 Å². The van der Waals surface area contributed by atoms with Gasteiger partial charge in [0.25, 0.3) is 0 Å². The van der Waals surface area contributed by atoms with Crippen molar-refractivity contribution in [3.63, 3.8) is 0 Å². The standard InChI is InChI=1S/C14H20N4/c1-4-17(3)14-13(10-15)11(2)16-18(14)12-8-6-5-7-9-12/h5-9H,4,10,15H2,1-3H3. The molecule has 0 saturated heterocycles. The molecule has 0 aliphatic heterocycles. The van der Waals surface area contributed by atoms with Crippen LogP contribution in [0.2, 0.25) is 0 Å². The van der Waals surface area contributed by atoms with Gasteiger partial charge >= 0.3 is 0 Å². The second kappa shape index (κ2) is 5.23. The van der Waals surface area contributed by atoms with Crippen molar-refractivity contribution in [3.05, 3.63) is 41.6 Å². The second-order valence-electron chi connectivity index (χ2n) is 4.35. The number of benzene rings is 1. The molecular weight excluding hydrogens is 224 g/mol. The number of aryl methyl sites for hydroxylation is 1. The van der Waals surface area contributed by atoms with E-state index in [9.17, 15) is 0 Å². The second-order valence-corrected chi connectivity index (χ2v) is 4.35. The SMILES string of the molecule is CCN(C)c1c(CN)c(C)nn1-c1ccccc1. The average Bonchev–Trinajstić information content (AvgIpc) is 2.75. The van der Waals surface area contributed by atoms with Crippen molar-refractivity contribution in [1.29, 1.82) is 0 Å². The molecule has 1 heterocycles. The fourth-order valence-electron chi connectivity index (χ4n) is 2.08. The van der Waals surface area contributed by atoms with Gasteiger partial charge in [-0.05, 0) is 26.0 Å². The quantitative estimate of drug-likeness (QED) is 0.896. The van der Waals surface area contributed by atoms with E-state index in [1.807, 2.05) is 29.8 Å². The van der Waals surface area contributed by atoms with Gasteiger partial charge in [0.05, 0.1) is 11.4 Å². The summed E-state index contributed by atoms with van der Waals surface area (Å²) < 4.78 is 1.97. The smallest absolute Gasteiger partial charge is 0.136 e. The first kappa shape index (κ1) is 12.6. The first-order valence-corrected chi connectivity index (χ1v) is 6.24. The van der Waals surface area contributed by atoms with Crippen molar-refractivity contribution in [1.82, 2.24) is 9.78 Å². The van der Waals surface area contributed by atoms with Gasteiger partial charge in [-0.3, -0.25) is 0 Å². The van der Waals surface area contributed by atoms with Gasteiger partial charge in [0, 0.05) is 25.7 Å². The van der Waals surface area contributed by atoms with Gasteiger partial charge < -0.3 is 10.6 Å². The van der Waals surface area contributed by atoms with E-state index in [2.05, 4.69) is 36.1 Å². The van der Waals surface area contributed by atoms with Crippen LogP contribution in [0.3, 0.4) is 0 Å². The highest BCUT2D eigenvalue weighted by atomic mass is 15.4. The number of aromatic nitrogens is 2. The monoisotopic (exact) mass is 244 g/mol. The lowest BCUT2D eigenvalue weighted by Gasteiger charge is -2.20. The van der Waals surface area contributed by atoms with Crippen LogP contribution >= 0.6 is 0 Å². The predicted octanol–water partition coefficient (Wildman–Crippen LogP) is 2.10. The molecule has 96 valence electrons. The number of para-hydroxylation sites is 1. The molecule has 0 aliphatic rings. The zero-order chi connectivity index (χ0) is 13.1. The molecule has 0 saturated carbocycles. The molecule has 1 aromatic carbocycles. The summed E-state index contributed by atoms with van der Waals surface area (Å²) in [5.41, 5.74) is 9.03. The van der Waals surface area contributed by atoms with Crippen LogP contribution in [0, 0.1) is 6.92 Å². The van der Waals surface area contributed by atoms with Crippen LogP contribution in [0.1, 0.15) is 18.2 Å². The van der Waals surface area contributed by atoms with E-state index in [4.69, 9.17) is 5.73 Å². The molecule has 0 unspecified atom stereocenters. The average molecular weight is 244 g/mol. The number of nitrogens with two attached hydrogens (primary N) is 1. The van der Waals surface area contributed by atoms with Gasteiger partial charge in [-0.1, -0.05) is 18.2 Å². The minimum Gasteiger partial charge on any atom is -0.360 e. The summed E-state index contributed by atoms with van der Waals surface area (Å²) in [6, 6.07) is 10.2. The maximum absolute atomic E-state index is 5.86. The Morgan fingerprint density at radius 1 is 1.28 bits per heavy atom. The Morgan fingerprint density at radius 2 is 1.94 bits per heavy atom. The molecule has 0 atom stereocenters. The minimum atomic E-state index is 0.512. The van der Waals surface area contributed by atoms with Crippen LogP contribution in [0.25, 0.3) is 5.69 Å². The van der Waals surface area contributed by atoms with Crippen molar-refractivity contribution in [3.8, 4) is 5.69 Å². The van der Waals surface area contributed by atoms with E-state index in [1.165, 1.54) is 0 Å². The summed E-state index contributed by atoms with van der Waals surface area (Å²) in [5.74, 6) is 1.09. The summed E-state index contributed by atoms with van der Waals surface area (Å²) in [6.45, 7) is 5.57. The third kappa shape index (κ3) is 2.11. The zero-order valence-electron chi connectivity index (χ0n) is 11.2. The molecule has 2 aromatic rings. The lowest BCUT2D eigenvalue weighted by atomic mass is 10.2. The third-order valence-corrected chi connectivity index (χ3v) is 3.20. The molecule has 1 aromatic heterocycles. The summed E-state index contributed by atoms with van der Waals surface area (Å²) in [7, 11) is 2.06. The van der Waals surface area contributed by atoms with Crippen molar-refractivity contribution in [2.24, 2.45) is 5.73 Å². The Kier molecular flexibility index (Phi) is 3.67. The lowest BCUT2D eigenvalue weighted by Crippen LogP contribution is -2.21. The Bertz CT molecular complexity index is 516. The van der Waals surface area contributed by atoms with E-state index >= 15 is 0 Å². The number of anilines is 1. The van der Waals surface area contributed by atoms with E-state index in [-0.39, 0.29) is 0 Å². The Balaban J connectivity index is 2.60. The van der Waals surface area contributed by atoms with Gasteiger partial charge in [0.15, 0.2) is 0 Å². The van der Waals surface area contributed by atoms with Gasteiger partial charge in [-0.2, -0.15) is 5.10 Å². The summed E-state index contributed by atoms with van der Waals surface area (Å²) in [5, 5.41) is 4.62. The fraction of sp³-hybridized carbons (Fsp3) is 0.357. The van der Waals surface area contributed by atoms with E-state index in [0.29, 0.717) is 6.54 Å². The molecule has 18 heavy (non-hydrogen) atoms. The topological polar surface area (TPSA) is 47.1 Å². The van der Waals surface area contributed by atoms with Crippen molar-refractivity contribution in [2.75, 3.05) is 18.5 Å². The molecule has 0 aliphatic carbocycles. The summed E-state index contributed by atoms with van der Waals surface area (Å²) >= 11 is 0.